The number of aliphatic carboxylic acids is 1. The smallest absolute Gasteiger partial charge is 0.335 e. The zero-order chi connectivity index (χ0) is 26.3. The first-order chi connectivity index (χ1) is 17.1. The van der Waals surface area contributed by atoms with Gasteiger partial charge >= 0.3 is 5.97 Å². The molecule has 1 atom stereocenters. The topological polar surface area (TPSA) is 94.5 Å². The number of ether oxygens (including phenoxy) is 4. The number of rotatable bonds is 6. The summed E-state index contributed by atoms with van der Waals surface area (Å²) in [6, 6.07) is 9.05. The molecule has 0 saturated heterocycles. The highest BCUT2D eigenvalue weighted by atomic mass is 16.5. The molecule has 0 heterocycles. The third kappa shape index (κ3) is 3.84. The standard InChI is InChI=1S/C29H32O7/c1-28(2)22-14-18(33-3)15-25(36-6)26(22)21(19-9-7-8-10-20(19)27(30)31)16-29(28,32)17-11-12-23(34-4)24(13-17)35-5/h7-8,10-15,32H,9,16H2,1-6H3,(H,30,31). The first-order valence-corrected chi connectivity index (χ1v) is 11.7. The second-order valence-electron chi connectivity index (χ2n) is 9.46. The Kier molecular flexibility index (Phi) is 6.62. The predicted octanol–water partition coefficient (Wildman–Crippen LogP) is 5.01. The number of carbonyl (C=O) groups is 1. The first kappa shape index (κ1) is 25.4. The number of aliphatic hydroxyl groups is 1. The van der Waals surface area contributed by atoms with E-state index in [0.29, 0.717) is 40.6 Å². The maximum atomic E-state index is 12.6. The molecule has 7 heteroatoms. The van der Waals surface area contributed by atoms with Crippen LogP contribution in [0.25, 0.3) is 5.57 Å². The maximum Gasteiger partial charge on any atom is 0.335 e. The summed E-state index contributed by atoms with van der Waals surface area (Å²) in [6.45, 7) is 3.94. The fourth-order valence-corrected chi connectivity index (χ4v) is 5.32. The minimum Gasteiger partial charge on any atom is -0.497 e. The Balaban J connectivity index is 2.09. The summed E-state index contributed by atoms with van der Waals surface area (Å²) < 4.78 is 22.3. The van der Waals surface area contributed by atoms with Gasteiger partial charge in [0.25, 0.3) is 0 Å². The van der Waals surface area contributed by atoms with E-state index in [-0.39, 0.29) is 12.0 Å². The molecule has 4 rings (SSSR count). The first-order valence-electron chi connectivity index (χ1n) is 11.7. The fraction of sp³-hybridized carbons (Fsp3) is 0.345. The largest absolute Gasteiger partial charge is 0.497 e. The third-order valence-corrected chi connectivity index (χ3v) is 7.47. The van der Waals surface area contributed by atoms with E-state index >= 15 is 0 Å². The zero-order valence-electron chi connectivity index (χ0n) is 21.5. The minimum atomic E-state index is -1.43. The van der Waals surface area contributed by atoms with Crippen molar-refractivity contribution < 1.29 is 34.0 Å². The van der Waals surface area contributed by atoms with Crippen LogP contribution in [0.2, 0.25) is 0 Å². The van der Waals surface area contributed by atoms with Crippen LogP contribution in [0, 0.1) is 0 Å². The molecular formula is C29H32O7. The summed E-state index contributed by atoms with van der Waals surface area (Å²) in [7, 11) is 6.27. The van der Waals surface area contributed by atoms with Gasteiger partial charge in [-0.2, -0.15) is 0 Å². The SMILES string of the molecule is COc1cc(OC)c2c(c1)C(C)(C)C(O)(c1ccc(OC)c(OC)c1)CC2=C1CC=CC=C1C(=O)O. The quantitative estimate of drug-likeness (QED) is 0.585. The van der Waals surface area contributed by atoms with Crippen molar-refractivity contribution in [1.82, 2.24) is 0 Å². The average molecular weight is 493 g/mol. The molecule has 7 nitrogen and oxygen atoms in total. The van der Waals surface area contributed by atoms with Gasteiger partial charge in [0, 0.05) is 23.5 Å². The number of benzene rings is 2. The minimum absolute atomic E-state index is 0.166. The van der Waals surface area contributed by atoms with Gasteiger partial charge in [-0.05, 0) is 53.0 Å². The third-order valence-electron chi connectivity index (χ3n) is 7.47. The second-order valence-corrected chi connectivity index (χ2v) is 9.46. The number of hydrogen-bond donors (Lipinski definition) is 2. The molecule has 0 aromatic heterocycles. The molecule has 1 unspecified atom stereocenters. The molecule has 36 heavy (non-hydrogen) atoms. The van der Waals surface area contributed by atoms with Gasteiger partial charge in [0.15, 0.2) is 11.5 Å². The van der Waals surface area contributed by atoms with Crippen molar-refractivity contribution >= 4 is 11.5 Å². The lowest BCUT2D eigenvalue weighted by molar-refractivity contribution is -0.132. The number of methoxy groups -OCH3 is 4. The van der Waals surface area contributed by atoms with Gasteiger partial charge in [-0.1, -0.05) is 32.1 Å². The van der Waals surface area contributed by atoms with Crippen LogP contribution < -0.4 is 18.9 Å². The highest BCUT2D eigenvalue weighted by Gasteiger charge is 2.52. The van der Waals surface area contributed by atoms with Gasteiger partial charge in [0.05, 0.1) is 34.0 Å². The van der Waals surface area contributed by atoms with E-state index in [2.05, 4.69) is 0 Å². The molecule has 0 aliphatic heterocycles. The molecule has 2 aromatic carbocycles. The molecule has 190 valence electrons. The Hall–Kier alpha value is -3.71. The van der Waals surface area contributed by atoms with E-state index in [4.69, 9.17) is 18.9 Å². The zero-order valence-corrected chi connectivity index (χ0v) is 21.5. The second kappa shape index (κ2) is 9.39. The summed E-state index contributed by atoms with van der Waals surface area (Å²) in [5, 5.41) is 22.5. The number of carboxylic acids is 1. The summed E-state index contributed by atoms with van der Waals surface area (Å²) in [5.41, 5.74) is 1.52. The van der Waals surface area contributed by atoms with E-state index in [1.807, 2.05) is 32.1 Å². The van der Waals surface area contributed by atoms with Crippen molar-refractivity contribution in [2.24, 2.45) is 0 Å². The van der Waals surface area contributed by atoms with Gasteiger partial charge in [0.2, 0.25) is 0 Å². The highest BCUT2D eigenvalue weighted by molar-refractivity contribution is 5.98. The highest BCUT2D eigenvalue weighted by Crippen LogP contribution is 2.58. The van der Waals surface area contributed by atoms with Crippen LogP contribution in [0.3, 0.4) is 0 Å². The molecule has 0 amide bonds. The normalized spacial score (nSPS) is 22.4. The van der Waals surface area contributed by atoms with E-state index in [1.165, 1.54) is 0 Å². The number of carboxylic acid groups (broad SMARTS) is 1. The molecule has 0 fully saturated rings. The molecule has 0 saturated carbocycles. The monoisotopic (exact) mass is 492 g/mol. The van der Waals surface area contributed by atoms with E-state index in [0.717, 1.165) is 16.7 Å². The van der Waals surface area contributed by atoms with Crippen LogP contribution >= 0.6 is 0 Å². The summed E-state index contributed by atoms with van der Waals surface area (Å²) in [6.07, 6.45) is 5.84. The number of fused-ring (bicyclic) bond motifs is 1. The van der Waals surface area contributed by atoms with Crippen molar-refractivity contribution in [3.63, 3.8) is 0 Å². The van der Waals surface area contributed by atoms with Crippen molar-refractivity contribution in [2.45, 2.75) is 37.7 Å². The molecule has 0 radical (unpaired) electrons. The molecule has 2 aliphatic rings. The Morgan fingerprint density at radius 1 is 0.889 bits per heavy atom. The van der Waals surface area contributed by atoms with Crippen molar-refractivity contribution in [3.8, 4) is 23.0 Å². The van der Waals surface area contributed by atoms with Crippen molar-refractivity contribution in [3.05, 3.63) is 76.4 Å². The maximum absolute atomic E-state index is 12.6. The molecular weight excluding hydrogens is 460 g/mol. The Labute approximate surface area is 211 Å². The molecule has 2 aliphatic carbocycles. The van der Waals surface area contributed by atoms with Crippen LogP contribution in [-0.2, 0) is 15.8 Å². The Morgan fingerprint density at radius 3 is 2.19 bits per heavy atom. The van der Waals surface area contributed by atoms with E-state index in [9.17, 15) is 15.0 Å². The Morgan fingerprint density at radius 2 is 1.58 bits per heavy atom. The lowest BCUT2D eigenvalue weighted by Crippen LogP contribution is -2.48. The molecule has 2 N–H and O–H groups in total. The molecule has 2 aromatic rings. The van der Waals surface area contributed by atoms with E-state index < -0.39 is 17.0 Å². The molecule has 0 bridgehead atoms. The lowest BCUT2D eigenvalue weighted by Gasteiger charge is -2.49. The summed E-state index contributed by atoms with van der Waals surface area (Å²) >= 11 is 0. The molecule has 0 spiro atoms. The van der Waals surface area contributed by atoms with Crippen molar-refractivity contribution in [2.75, 3.05) is 28.4 Å². The van der Waals surface area contributed by atoms with Crippen LogP contribution in [0.1, 0.15) is 43.4 Å². The fourth-order valence-electron chi connectivity index (χ4n) is 5.32. The summed E-state index contributed by atoms with van der Waals surface area (Å²) in [5.74, 6) is 1.17. The van der Waals surface area contributed by atoms with Crippen LogP contribution in [-0.4, -0.2) is 44.6 Å². The van der Waals surface area contributed by atoms with E-state index in [1.54, 1.807) is 58.8 Å². The van der Waals surface area contributed by atoms with Crippen molar-refractivity contribution in [1.29, 1.82) is 0 Å². The number of hydrogen-bond acceptors (Lipinski definition) is 6. The van der Waals surface area contributed by atoms with Crippen LogP contribution in [0.4, 0.5) is 0 Å². The van der Waals surface area contributed by atoms with Gasteiger partial charge in [-0.15, -0.1) is 0 Å². The van der Waals surface area contributed by atoms with Gasteiger partial charge in [-0.25, -0.2) is 4.79 Å². The van der Waals surface area contributed by atoms with Crippen LogP contribution in [0.15, 0.2) is 59.7 Å². The van der Waals surface area contributed by atoms with Gasteiger partial charge in [-0.3, -0.25) is 0 Å². The van der Waals surface area contributed by atoms with Crippen LogP contribution in [0.5, 0.6) is 23.0 Å². The van der Waals surface area contributed by atoms with Gasteiger partial charge < -0.3 is 29.2 Å². The Bertz CT molecular complexity index is 1300. The predicted molar refractivity (Wildman–Crippen MR) is 137 cm³/mol. The summed E-state index contributed by atoms with van der Waals surface area (Å²) in [4.78, 5) is 12.2. The lowest BCUT2D eigenvalue weighted by atomic mass is 9.57. The van der Waals surface area contributed by atoms with Gasteiger partial charge in [0.1, 0.15) is 17.1 Å². The average Bonchev–Trinajstić information content (AvgIpc) is 2.89. The number of allylic oxidation sites excluding steroid dienone is 3.